The monoisotopic (exact) mass is 329 g/mol. The van der Waals surface area contributed by atoms with Gasteiger partial charge in [0.25, 0.3) is 5.91 Å². The highest BCUT2D eigenvalue weighted by atomic mass is 35.5. The summed E-state index contributed by atoms with van der Waals surface area (Å²) in [6.07, 6.45) is 5.57. The molecule has 2 N–H and O–H groups in total. The maximum atomic E-state index is 12.3. The lowest BCUT2D eigenvalue weighted by molar-refractivity contribution is 0.0944. The van der Waals surface area contributed by atoms with Crippen molar-refractivity contribution < 1.29 is 4.79 Å². The molecule has 2 aromatic rings. The van der Waals surface area contributed by atoms with E-state index in [4.69, 9.17) is 11.6 Å². The number of amides is 1. The molecule has 0 spiro atoms. The first-order valence-corrected chi connectivity index (χ1v) is 8.30. The molecule has 1 aliphatic rings. The summed E-state index contributed by atoms with van der Waals surface area (Å²) in [6.45, 7) is 2.79. The smallest absolute Gasteiger partial charge is 0.252 e. The van der Waals surface area contributed by atoms with Crippen LogP contribution in [-0.4, -0.2) is 30.5 Å². The number of piperidine rings is 1. The Morgan fingerprint density at radius 3 is 2.83 bits per heavy atom. The predicted molar refractivity (Wildman–Crippen MR) is 92.6 cm³/mol. The fraction of sp³-hybridized carbons (Fsp3) is 0.333. The number of aromatic nitrogens is 1. The van der Waals surface area contributed by atoms with Crippen molar-refractivity contribution >= 4 is 17.5 Å². The number of hydrogen-bond acceptors (Lipinski definition) is 3. The lowest BCUT2D eigenvalue weighted by Gasteiger charge is -2.22. The average Bonchev–Trinajstić information content (AvgIpc) is 2.61. The van der Waals surface area contributed by atoms with Gasteiger partial charge in [0, 0.05) is 29.5 Å². The van der Waals surface area contributed by atoms with E-state index in [-0.39, 0.29) is 5.91 Å². The van der Waals surface area contributed by atoms with Gasteiger partial charge in [0.2, 0.25) is 0 Å². The first-order valence-electron chi connectivity index (χ1n) is 7.92. The van der Waals surface area contributed by atoms with E-state index in [1.165, 1.54) is 0 Å². The zero-order valence-corrected chi connectivity index (χ0v) is 13.6. The van der Waals surface area contributed by atoms with Crippen LogP contribution in [0.5, 0.6) is 0 Å². The van der Waals surface area contributed by atoms with Gasteiger partial charge < -0.3 is 10.6 Å². The van der Waals surface area contributed by atoms with E-state index >= 15 is 0 Å². The number of nitrogens with zero attached hydrogens (tertiary/aromatic N) is 1. The van der Waals surface area contributed by atoms with Crippen LogP contribution >= 0.6 is 11.6 Å². The fourth-order valence-corrected chi connectivity index (χ4v) is 3.01. The van der Waals surface area contributed by atoms with Crippen LogP contribution < -0.4 is 10.6 Å². The Morgan fingerprint density at radius 1 is 1.22 bits per heavy atom. The van der Waals surface area contributed by atoms with Gasteiger partial charge in [-0.2, -0.15) is 0 Å². The zero-order valence-electron chi connectivity index (χ0n) is 12.9. The molecule has 0 atom stereocenters. The number of nitrogens with one attached hydrogen (secondary N) is 2. The minimum atomic E-state index is -0.0695. The fourth-order valence-electron chi connectivity index (χ4n) is 2.81. The molecule has 23 heavy (non-hydrogen) atoms. The molecule has 1 amide bonds. The maximum absolute atomic E-state index is 12.3. The SMILES string of the molecule is O=C(NCC1CCNCC1)c1cncc(-c2cccc(Cl)c2)c1. The van der Waals surface area contributed by atoms with Gasteiger partial charge in [0.05, 0.1) is 5.56 Å². The highest BCUT2D eigenvalue weighted by Crippen LogP contribution is 2.22. The summed E-state index contributed by atoms with van der Waals surface area (Å²) in [5.74, 6) is 0.490. The number of rotatable bonds is 4. The van der Waals surface area contributed by atoms with Crippen LogP contribution in [0.1, 0.15) is 23.2 Å². The number of carbonyl (C=O) groups is 1. The number of hydrogen-bond donors (Lipinski definition) is 2. The molecule has 0 radical (unpaired) electrons. The van der Waals surface area contributed by atoms with Crippen molar-refractivity contribution in [2.75, 3.05) is 19.6 Å². The summed E-state index contributed by atoms with van der Waals surface area (Å²) < 4.78 is 0. The van der Waals surface area contributed by atoms with E-state index in [0.717, 1.165) is 43.6 Å². The minimum absolute atomic E-state index is 0.0695. The van der Waals surface area contributed by atoms with Crippen molar-refractivity contribution in [2.24, 2.45) is 5.92 Å². The minimum Gasteiger partial charge on any atom is -0.352 e. The molecule has 0 bridgehead atoms. The second kappa shape index (κ2) is 7.57. The Kier molecular flexibility index (Phi) is 5.26. The molecule has 3 rings (SSSR count). The molecule has 1 aromatic heterocycles. The van der Waals surface area contributed by atoms with Gasteiger partial charge in [-0.1, -0.05) is 23.7 Å². The van der Waals surface area contributed by atoms with Gasteiger partial charge in [-0.3, -0.25) is 9.78 Å². The van der Waals surface area contributed by atoms with E-state index in [1.807, 2.05) is 30.3 Å². The van der Waals surface area contributed by atoms with Gasteiger partial charge in [-0.15, -0.1) is 0 Å². The van der Waals surface area contributed by atoms with E-state index in [0.29, 0.717) is 16.5 Å². The summed E-state index contributed by atoms with van der Waals surface area (Å²) in [7, 11) is 0. The molecule has 0 aliphatic carbocycles. The third-order valence-electron chi connectivity index (χ3n) is 4.17. The van der Waals surface area contributed by atoms with Crippen molar-refractivity contribution in [1.82, 2.24) is 15.6 Å². The Morgan fingerprint density at radius 2 is 2.04 bits per heavy atom. The number of benzene rings is 1. The lowest BCUT2D eigenvalue weighted by Crippen LogP contribution is -2.36. The molecule has 120 valence electrons. The van der Waals surface area contributed by atoms with Crippen molar-refractivity contribution in [3.8, 4) is 11.1 Å². The Bertz CT molecular complexity index is 683. The van der Waals surface area contributed by atoms with Crippen molar-refractivity contribution in [1.29, 1.82) is 0 Å². The van der Waals surface area contributed by atoms with Crippen LogP contribution in [0.2, 0.25) is 5.02 Å². The molecule has 5 heteroatoms. The van der Waals surface area contributed by atoms with Crippen molar-refractivity contribution in [3.63, 3.8) is 0 Å². The number of carbonyl (C=O) groups excluding carboxylic acids is 1. The molecular weight excluding hydrogens is 310 g/mol. The van der Waals surface area contributed by atoms with E-state index < -0.39 is 0 Å². The van der Waals surface area contributed by atoms with Crippen LogP contribution in [0.4, 0.5) is 0 Å². The second-order valence-electron chi connectivity index (χ2n) is 5.88. The quantitative estimate of drug-likeness (QED) is 0.906. The molecule has 4 nitrogen and oxygen atoms in total. The van der Waals surface area contributed by atoms with Crippen LogP contribution in [0.25, 0.3) is 11.1 Å². The van der Waals surface area contributed by atoms with E-state index in [1.54, 1.807) is 12.4 Å². The van der Waals surface area contributed by atoms with Crippen LogP contribution in [0.15, 0.2) is 42.7 Å². The summed E-state index contributed by atoms with van der Waals surface area (Å²) in [5.41, 5.74) is 2.43. The zero-order chi connectivity index (χ0) is 16.1. The first-order chi connectivity index (χ1) is 11.2. The third-order valence-corrected chi connectivity index (χ3v) is 4.40. The van der Waals surface area contributed by atoms with Crippen LogP contribution in [0.3, 0.4) is 0 Å². The first kappa shape index (κ1) is 16.0. The molecule has 1 saturated heterocycles. The normalized spacial score (nSPS) is 15.3. The summed E-state index contributed by atoms with van der Waals surface area (Å²) in [6, 6.07) is 9.40. The Balaban J connectivity index is 1.67. The van der Waals surface area contributed by atoms with Crippen molar-refractivity contribution in [3.05, 3.63) is 53.3 Å². The highest BCUT2D eigenvalue weighted by molar-refractivity contribution is 6.30. The van der Waals surface area contributed by atoms with E-state index in [2.05, 4.69) is 15.6 Å². The largest absolute Gasteiger partial charge is 0.352 e. The molecular formula is C18H20ClN3O. The maximum Gasteiger partial charge on any atom is 0.252 e. The number of halogens is 1. The molecule has 1 aromatic carbocycles. The second-order valence-corrected chi connectivity index (χ2v) is 6.31. The standard InChI is InChI=1S/C18H20ClN3O/c19-17-3-1-2-14(9-17)15-8-16(12-21-11-15)18(23)22-10-13-4-6-20-7-5-13/h1-3,8-9,11-13,20H,4-7,10H2,(H,22,23). The van der Waals surface area contributed by atoms with Crippen LogP contribution in [0, 0.1) is 5.92 Å². The summed E-state index contributed by atoms with van der Waals surface area (Å²) in [4.78, 5) is 16.5. The number of pyridine rings is 1. The van der Waals surface area contributed by atoms with Gasteiger partial charge in [-0.05, 0) is 55.6 Å². The van der Waals surface area contributed by atoms with Gasteiger partial charge in [0.1, 0.15) is 0 Å². The molecule has 2 heterocycles. The predicted octanol–water partition coefficient (Wildman–Crippen LogP) is 3.13. The highest BCUT2D eigenvalue weighted by Gasteiger charge is 2.15. The molecule has 0 saturated carbocycles. The van der Waals surface area contributed by atoms with E-state index in [9.17, 15) is 4.79 Å². The van der Waals surface area contributed by atoms with Gasteiger partial charge in [-0.25, -0.2) is 0 Å². The summed E-state index contributed by atoms with van der Waals surface area (Å²) >= 11 is 6.03. The average molecular weight is 330 g/mol. The molecule has 1 fully saturated rings. The Hall–Kier alpha value is -1.91. The third kappa shape index (κ3) is 4.30. The van der Waals surface area contributed by atoms with Gasteiger partial charge >= 0.3 is 0 Å². The van der Waals surface area contributed by atoms with Crippen LogP contribution in [-0.2, 0) is 0 Å². The van der Waals surface area contributed by atoms with Crippen molar-refractivity contribution in [2.45, 2.75) is 12.8 Å². The topological polar surface area (TPSA) is 54.0 Å². The molecule has 1 aliphatic heterocycles. The summed E-state index contributed by atoms with van der Waals surface area (Å²) in [5, 5.41) is 7.03. The molecule has 0 unspecified atom stereocenters. The Labute approximate surface area is 141 Å². The lowest BCUT2D eigenvalue weighted by atomic mass is 9.98. The van der Waals surface area contributed by atoms with Gasteiger partial charge in [0.15, 0.2) is 0 Å².